The van der Waals surface area contributed by atoms with E-state index in [9.17, 15) is 28.2 Å². The van der Waals surface area contributed by atoms with Crippen LogP contribution in [0.5, 0.6) is 0 Å². The van der Waals surface area contributed by atoms with Crippen molar-refractivity contribution in [2.45, 2.75) is 87.3 Å². The molecule has 6 rings (SSSR count). The van der Waals surface area contributed by atoms with Gasteiger partial charge in [0.1, 0.15) is 22.7 Å². The topological polar surface area (TPSA) is 87.4 Å². The largest absolute Gasteiger partial charge is 0.378 e. The first kappa shape index (κ1) is 27.6. The van der Waals surface area contributed by atoms with Crippen molar-refractivity contribution in [2.75, 3.05) is 5.32 Å². The van der Waals surface area contributed by atoms with Gasteiger partial charge in [-0.25, -0.2) is 18.2 Å². The number of aromatic nitrogens is 2. The van der Waals surface area contributed by atoms with E-state index >= 15 is 0 Å². The zero-order valence-corrected chi connectivity index (χ0v) is 23.1. The van der Waals surface area contributed by atoms with Crippen LogP contribution >= 0.6 is 11.6 Å². The van der Waals surface area contributed by atoms with Crippen molar-refractivity contribution in [1.82, 2.24) is 9.55 Å². The van der Waals surface area contributed by atoms with Gasteiger partial charge in [-0.05, 0) is 86.8 Å². The van der Waals surface area contributed by atoms with Gasteiger partial charge in [0.15, 0.2) is 0 Å². The molecule has 1 spiro atoms. The number of rotatable bonds is 3. The predicted octanol–water partition coefficient (Wildman–Crippen LogP) is 5.82. The smallest absolute Gasteiger partial charge is 0.274 e. The molecular weight excluding hydrogens is 543 g/mol. The molecular formula is C30H33ClF3N3O3. The number of amides is 1. The molecule has 2 aromatic rings. The second-order valence-electron chi connectivity index (χ2n) is 12.8. The van der Waals surface area contributed by atoms with Gasteiger partial charge < -0.3 is 20.1 Å². The van der Waals surface area contributed by atoms with Gasteiger partial charge in [0.05, 0.1) is 17.0 Å². The number of hydrogen-bond donors (Lipinski definition) is 3. The van der Waals surface area contributed by atoms with E-state index in [2.05, 4.69) is 22.1 Å². The minimum atomic E-state index is -2.60. The number of benzene rings is 1. The third kappa shape index (κ3) is 5.15. The number of alkyl halides is 2. The molecule has 2 atom stereocenters. The maximum absolute atomic E-state index is 13.6. The van der Waals surface area contributed by atoms with E-state index in [-0.39, 0.29) is 46.9 Å². The first-order valence-electron chi connectivity index (χ1n) is 13.9. The molecule has 6 nitrogen and oxygen atoms in total. The van der Waals surface area contributed by atoms with Gasteiger partial charge in [-0.15, -0.1) is 0 Å². The van der Waals surface area contributed by atoms with Crippen molar-refractivity contribution in [3.8, 4) is 11.8 Å². The molecule has 4 fully saturated rings. The number of nitrogens with one attached hydrogen (secondary N) is 1. The van der Waals surface area contributed by atoms with E-state index in [1.54, 1.807) is 17.9 Å². The summed E-state index contributed by atoms with van der Waals surface area (Å²) >= 11 is 5.86. The quantitative estimate of drug-likeness (QED) is 0.402. The summed E-state index contributed by atoms with van der Waals surface area (Å²) in [7, 11) is 1.75. The normalized spacial score (nSPS) is 31.2. The minimum Gasteiger partial charge on any atom is -0.378 e. The summed E-state index contributed by atoms with van der Waals surface area (Å²) < 4.78 is 42.3. The molecule has 0 bridgehead atoms. The number of aliphatic hydroxyl groups is 2. The molecule has 0 aliphatic heterocycles. The van der Waals surface area contributed by atoms with Crippen LogP contribution in [0, 0.1) is 34.9 Å². The molecule has 2 unspecified atom stereocenters. The highest BCUT2D eigenvalue weighted by Crippen LogP contribution is 2.59. The van der Waals surface area contributed by atoms with E-state index in [0.717, 1.165) is 12.8 Å². The van der Waals surface area contributed by atoms with Crippen LogP contribution < -0.4 is 5.32 Å². The number of halogens is 4. The van der Waals surface area contributed by atoms with Crippen molar-refractivity contribution in [3.63, 3.8) is 0 Å². The molecule has 4 saturated carbocycles. The van der Waals surface area contributed by atoms with Crippen LogP contribution in [0.2, 0.25) is 5.02 Å². The fourth-order valence-corrected chi connectivity index (χ4v) is 7.97. The summed E-state index contributed by atoms with van der Waals surface area (Å²) in [6, 6.07) is 4.01. The van der Waals surface area contributed by atoms with Crippen LogP contribution in [0.1, 0.15) is 86.3 Å². The molecule has 40 heavy (non-hydrogen) atoms. The molecule has 1 aromatic carbocycles. The summed E-state index contributed by atoms with van der Waals surface area (Å²) in [5, 5.41) is 24.9. The Bertz CT molecular complexity index is 1380. The van der Waals surface area contributed by atoms with Crippen molar-refractivity contribution in [3.05, 3.63) is 46.8 Å². The lowest BCUT2D eigenvalue weighted by Gasteiger charge is -2.54. The summed E-state index contributed by atoms with van der Waals surface area (Å²) in [6.07, 6.45) is 5.43. The third-order valence-electron chi connectivity index (χ3n) is 9.69. The summed E-state index contributed by atoms with van der Waals surface area (Å²) in [5.74, 6) is 2.85. The van der Waals surface area contributed by atoms with Crippen molar-refractivity contribution < 1.29 is 28.2 Å². The maximum Gasteiger partial charge on any atom is 0.274 e. The number of imidazole rings is 1. The summed E-state index contributed by atoms with van der Waals surface area (Å²) in [6.45, 7) is 0. The van der Waals surface area contributed by atoms with Gasteiger partial charge in [-0.2, -0.15) is 0 Å². The molecule has 0 radical (unpaired) electrons. The van der Waals surface area contributed by atoms with Crippen LogP contribution in [0.15, 0.2) is 24.5 Å². The van der Waals surface area contributed by atoms with Crippen LogP contribution in [0.4, 0.5) is 18.9 Å². The Labute approximate surface area is 236 Å². The van der Waals surface area contributed by atoms with Crippen LogP contribution in [-0.2, 0) is 7.05 Å². The summed E-state index contributed by atoms with van der Waals surface area (Å²) in [4.78, 5) is 17.7. The zero-order valence-electron chi connectivity index (χ0n) is 22.3. The van der Waals surface area contributed by atoms with E-state index < -0.39 is 22.9 Å². The van der Waals surface area contributed by atoms with Crippen molar-refractivity contribution in [2.24, 2.45) is 24.3 Å². The third-order valence-corrected chi connectivity index (χ3v) is 9.98. The lowest BCUT2D eigenvalue weighted by molar-refractivity contribution is -0.147. The number of carbonyl (C=O) groups excluding carboxylic acids is 1. The average Bonchev–Trinajstić information content (AvgIpc) is 3.52. The van der Waals surface area contributed by atoms with Crippen LogP contribution in [0.25, 0.3) is 0 Å². The monoisotopic (exact) mass is 575 g/mol. The average molecular weight is 576 g/mol. The molecule has 4 aliphatic rings. The number of nitrogens with zero attached hydrogens (tertiary/aromatic N) is 2. The van der Waals surface area contributed by atoms with Crippen molar-refractivity contribution in [1.29, 1.82) is 0 Å². The van der Waals surface area contributed by atoms with Gasteiger partial charge >= 0.3 is 0 Å². The van der Waals surface area contributed by atoms with Gasteiger partial charge in [0.2, 0.25) is 5.92 Å². The second kappa shape index (κ2) is 9.50. The molecule has 1 amide bonds. The lowest BCUT2D eigenvalue weighted by atomic mass is 9.53. The van der Waals surface area contributed by atoms with Gasteiger partial charge in [-0.3, -0.25) is 4.79 Å². The molecule has 214 valence electrons. The van der Waals surface area contributed by atoms with Gasteiger partial charge in [0, 0.05) is 31.5 Å². The highest BCUT2D eigenvalue weighted by atomic mass is 35.5. The highest BCUT2D eigenvalue weighted by molar-refractivity contribution is 6.31. The first-order valence-corrected chi connectivity index (χ1v) is 14.3. The molecule has 1 aromatic heterocycles. The second-order valence-corrected chi connectivity index (χ2v) is 13.2. The SMILES string of the molecule is Cn1cnc(C2CC3CC(O)(C#CC4(O)CC5(CCC(F)(F)CC5)C4)CC3C2)c1C(=O)Nc1ccc(F)c(Cl)c1. The van der Waals surface area contributed by atoms with Crippen LogP contribution in [-0.4, -0.2) is 42.8 Å². The maximum atomic E-state index is 13.6. The summed E-state index contributed by atoms with van der Waals surface area (Å²) in [5.41, 5.74) is -1.14. The lowest BCUT2D eigenvalue weighted by Crippen LogP contribution is -2.53. The highest BCUT2D eigenvalue weighted by Gasteiger charge is 2.57. The Morgan fingerprint density at radius 2 is 1.70 bits per heavy atom. The Balaban J connectivity index is 1.08. The molecule has 4 aliphatic carbocycles. The van der Waals surface area contributed by atoms with Crippen molar-refractivity contribution >= 4 is 23.2 Å². The number of carbonyl (C=O) groups is 1. The molecule has 0 saturated heterocycles. The van der Waals surface area contributed by atoms with Gasteiger partial charge in [0.25, 0.3) is 5.91 Å². The minimum absolute atomic E-state index is 0.0476. The van der Waals surface area contributed by atoms with Gasteiger partial charge in [-0.1, -0.05) is 23.4 Å². The zero-order chi connectivity index (χ0) is 28.5. The Morgan fingerprint density at radius 1 is 1.07 bits per heavy atom. The standard InChI is InChI=1S/C30H33ClF3N3O3/c1-37-17-35-24(25(37)26(38)36-21-2-3-23(32)22(31)12-21)18-10-19-13-28(39,14-20(19)11-18)6-7-29(40)15-27(16-29)4-8-30(33,34)9-5-27/h2-3,12,17-20,39-40H,4-5,8-11,13-16H2,1H3,(H,36,38). The predicted molar refractivity (Wildman–Crippen MR) is 144 cm³/mol. The Kier molecular flexibility index (Phi) is 6.56. The van der Waals surface area contributed by atoms with E-state index in [0.29, 0.717) is 55.6 Å². The van der Waals surface area contributed by atoms with Crippen LogP contribution in [0.3, 0.4) is 0 Å². The first-order chi connectivity index (χ1) is 18.8. The number of anilines is 1. The molecule has 10 heteroatoms. The van der Waals surface area contributed by atoms with E-state index in [1.807, 2.05) is 0 Å². The molecule has 3 N–H and O–H groups in total. The fourth-order valence-electron chi connectivity index (χ4n) is 7.79. The Hall–Kier alpha value is -2.54. The van der Waals surface area contributed by atoms with E-state index in [1.165, 1.54) is 18.2 Å². The number of fused-ring (bicyclic) bond motifs is 1. The number of hydrogen-bond acceptors (Lipinski definition) is 4. The Morgan fingerprint density at radius 3 is 2.33 bits per heavy atom. The van der Waals surface area contributed by atoms with E-state index in [4.69, 9.17) is 11.6 Å². The fraction of sp³-hybridized carbons (Fsp3) is 0.600. The number of aryl methyl sites for hydroxylation is 1. The molecule has 1 heterocycles.